The van der Waals surface area contributed by atoms with Crippen molar-refractivity contribution in [3.8, 4) is 0 Å². The molecule has 7 nitrogen and oxygen atoms in total. The van der Waals surface area contributed by atoms with Gasteiger partial charge in [0.2, 0.25) is 21.1 Å². The van der Waals surface area contributed by atoms with Crippen LogP contribution in [0, 0.1) is 0 Å². The number of rotatable bonds is 7. The van der Waals surface area contributed by atoms with Gasteiger partial charge in [-0.2, -0.15) is 0 Å². The van der Waals surface area contributed by atoms with E-state index in [1.54, 1.807) is 12.1 Å². The molecule has 0 unspecified atom stereocenters. The van der Waals surface area contributed by atoms with Crippen LogP contribution in [0.25, 0.3) is 0 Å². The second-order valence-corrected chi connectivity index (χ2v) is 7.69. The zero-order valence-electron chi connectivity index (χ0n) is 12.2. The maximum absolute atomic E-state index is 12.1. The molecule has 0 fully saturated rings. The molecule has 1 amide bonds. The molecule has 1 heterocycles. The first-order valence-electron chi connectivity index (χ1n) is 6.79. The Hall–Kier alpha value is -1.55. The summed E-state index contributed by atoms with van der Waals surface area (Å²) >= 11 is 7.15. The Balaban J connectivity index is 1.86. The average molecular weight is 375 g/mol. The highest BCUT2D eigenvalue weighted by molar-refractivity contribution is 7.89. The number of hydrogen-bond acceptors (Lipinski definition) is 6. The summed E-state index contributed by atoms with van der Waals surface area (Å²) in [4.78, 5) is 11.8. The van der Waals surface area contributed by atoms with E-state index in [2.05, 4.69) is 20.2 Å². The molecule has 0 spiro atoms. The number of aromatic nitrogens is 2. The molecule has 0 bridgehead atoms. The van der Waals surface area contributed by atoms with Crippen molar-refractivity contribution in [2.45, 2.75) is 24.7 Å². The van der Waals surface area contributed by atoms with Crippen molar-refractivity contribution in [2.24, 2.45) is 0 Å². The predicted molar refractivity (Wildman–Crippen MR) is 89.2 cm³/mol. The van der Waals surface area contributed by atoms with E-state index >= 15 is 0 Å². The molecule has 10 heteroatoms. The van der Waals surface area contributed by atoms with E-state index in [9.17, 15) is 13.2 Å². The Morgan fingerprint density at radius 2 is 2.04 bits per heavy atom. The van der Waals surface area contributed by atoms with Crippen molar-refractivity contribution in [3.63, 3.8) is 0 Å². The molecule has 1 aromatic carbocycles. The fourth-order valence-corrected chi connectivity index (χ4v) is 3.91. The first-order valence-corrected chi connectivity index (χ1v) is 9.46. The van der Waals surface area contributed by atoms with Gasteiger partial charge < -0.3 is 5.32 Å². The topological polar surface area (TPSA) is 101 Å². The molecule has 0 atom stereocenters. The Morgan fingerprint density at radius 1 is 1.30 bits per heavy atom. The molecule has 0 aliphatic heterocycles. The summed E-state index contributed by atoms with van der Waals surface area (Å²) in [5.74, 6) is -0.342. The SMILES string of the molecule is CCc1nnc(NC(=O)CCNS(=O)(=O)c2ccccc2Cl)s1. The lowest BCUT2D eigenvalue weighted by atomic mass is 10.4. The van der Waals surface area contributed by atoms with Crippen molar-refractivity contribution in [1.82, 2.24) is 14.9 Å². The molecular formula is C13H15ClN4O3S2. The predicted octanol–water partition coefficient (Wildman–Crippen LogP) is 2.06. The molecule has 23 heavy (non-hydrogen) atoms. The normalized spacial score (nSPS) is 11.4. The lowest BCUT2D eigenvalue weighted by molar-refractivity contribution is -0.116. The lowest BCUT2D eigenvalue weighted by Gasteiger charge is -2.07. The zero-order valence-corrected chi connectivity index (χ0v) is 14.6. The maximum atomic E-state index is 12.1. The number of aryl methyl sites for hydroxylation is 1. The molecule has 2 rings (SSSR count). The molecule has 0 aliphatic carbocycles. The molecule has 0 saturated heterocycles. The molecule has 1 aromatic heterocycles. The third kappa shape index (κ3) is 4.96. The summed E-state index contributed by atoms with van der Waals surface area (Å²) in [6.45, 7) is 1.90. The van der Waals surface area contributed by atoms with Crippen molar-refractivity contribution in [1.29, 1.82) is 0 Å². The Kier molecular flexibility index (Phi) is 6.05. The molecule has 124 valence electrons. The standard InChI is InChI=1S/C13H15ClN4O3S2/c1-2-12-17-18-13(22-12)16-11(19)7-8-15-23(20,21)10-6-4-3-5-9(10)14/h3-6,15H,2,7-8H2,1H3,(H,16,18,19). The Bertz CT molecular complexity index is 792. The lowest BCUT2D eigenvalue weighted by Crippen LogP contribution is -2.28. The van der Waals surface area contributed by atoms with Crippen LogP contribution >= 0.6 is 22.9 Å². The van der Waals surface area contributed by atoms with Crippen LogP contribution < -0.4 is 10.0 Å². The highest BCUT2D eigenvalue weighted by atomic mass is 35.5. The van der Waals surface area contributed by atoms with Crippen LogP contribution in [0.3, 0.4) is 0 Å². The third-order valence-electron chi connectivity index (χ3n) is 2.79. The van der Waals surface area contributed by atoms with Gasteiger partial charge in [0.1, 0.15) is 9.90 Å². The Morgan fingerprint density at radius 3 is 2.70 bits per heavy atom. The number of nitrogens with one attached hydrogen (secondary N) is 2. The number of anilines is 1. The smallest absolute Gasteiger partial charge is 0.242 e. The van der Waals surface area contributed by atoms with Gasteiger partial charge in [-0.15, -0.1) is 10.2 Å². The van der Waals surface area contributed by atoms with Crippen LogP contribution in [-0.2, 0) is 21.2 Å². The van der Waals surface area contributed by atoms with E-state index in [4.69, 9.17) is 11.6 Å². The fourth-order valence-electron chi connectivity index (χ4n) is 1.67. The van der Waals surface area contributed by atoms with Crippen LogP contribution in [0.5, 0.6) is 0 Å². The second-order valence-electron chi connectivity index (χ2n) is 4.48. The van der Waals surface area contributed by atoms with E-state index < -0.39 is 10.0 Å². The van der Waals surface area contributed by atoms with Crippen LogP contribution in [0.2, 0.25) is 5.02 Å². The van der Waals surface area contributed by atoms with Crippen molar-refractivity contribution in [3.05, 3.63) is 34.3 Å². The van der Waals surface area contributed by atoms with Gasteiger partial charge in [-0.25, -0.2) is 13.1 Å². The summed E-state index contributed by atoms with van der Waals surface area (Å²) in [6.07, 6.45) is 0.718. The van der Waals surface area contributed by atoms with Gasteiger partial charge in [-0.1, -0.05) is 42.0 Å². The summed E-state index contributed by atoms with van der Waals surface area (Å²) in [5.41, 5.74) is 0. The third-order valence-corrected chi connectivity index (χ3v) is 5.73. The van der Waals surface area contributed by atoms with Crippen molar-refractivity contribution >= 4 is 44.0 Å². The van der Waals surface area contributed by atoms with E-state index in [-0.39, 0.29) is 28.8 Å². The van der Waals surface area contributed by atoms with E-state index in [1.807, 2.05) is 6.92 Å². The highest BCUT2D eigenvalue weighted by Crippen LogP contribution is 2.20. The van der Waals surface area contributed by atoms with E-state index in [0.29, 0.717) is 5.13 Å². The van der Waals surface area contributed by atoms with Gasteiger partial charge in [0.25, 0.3) is 0 Å². The molecule has 0 saturated carbocycles. The monoisotopic (exact) mass is 374 g/mol. The number of sulfonamides is 1. The summed E-state index contributed by atoms with van der Waals surface area (Å²) in [6, 6.07) is 6.11. The van der Waals surface area contributed by atoms with E-state index in [0.717, 1.165) is 11.4 Å². The van der Waals surface area contributed by atoms with Gasteiger partial charge in [-0.05, 0) is 18.6 Å². The minimum Gasteiger partial charge on any atom is -0.300 e. The number of nitrogens with zero attached hydrogens (tertiary/aromatic N) is 2. The fraction of sp³-hybridized carbons (Fsp3) is 0.308. The number of benzene rings is 1. The van der Waals surface area contributed by atoms with Crippen LogP contribution in [-0.4, -0.2) is 31.1 Å². The second kappa shape index (κ2) is 7.82. The van der Waals surface area contributed by atoms with Gasteiger partial charge in [0.15, 0.2) is 0 Å². The minimum absolute atomic E-state index is 0.0150. The number of carbonyl (C=O) groups excluding carboxylic acids is 1. The van der Waals surface area contributed by atoms with Crippen LogP contribution in [0.15, 0.2) is 29.2 Å². The van der Waals surface area contributed by atoms with Gasteiger partial charge in [0.05, 0.1) is 5.02 Å². The summed E-state index contributed by atoms with van der Waals surface area (Å²) < 4.78 is 26.5. The highest BCUT2D eigenvalue weighted by Gasteiger charge is 2.17. The number of carbonyl (C=O) groups is 1. The average Bonchev–Trinajstić information content (AvgIpc) is 2.94. The molecular weight excluding hydrogens is 360 g/mol. The van der Waals surface area contributed by atoms with Gasteiger partial charge >= 0.3 is 0 Å². The molecule has 2 N–H and O–H groups in total. The van der Waals surface area contributed by atoms with E-state index in [1.165, 1.54) is 23.5 Å². The Labute approximate surface area is 143 Å². The van der Waals surface area contributed by atoms with Crippen LogP contribution in [0.1, 0.15) is 18.4 Å². The van der Waals surface area contributed by atoms with Gasteiger partial charge in [0, 0.05) is 13.0 Å². The van der Waals surface area contributed by atoms with Crippen molar-refractivity contribution in [2.75, 3.05) is 11.9 Å². The molecule has 0 radical (unpaired) electrons. The summed E-state index contributed by atoms with van der Waals surface area (Å²) in [5, 5.41) is 11.6. The number of hydrogen-bond donors (Lipinski definition) is 2. The van der Waals surface area contributed by atoms with Gasteiger partial charge in [-0.3, -0.25) is 4.79 Å². The first kappa shape index (κ1) is 17.8. The first-order chi connectivity index (χ1) is 10.9. The van der Waals surface area contributed by atoms with Crippen LogP contribution in [0.4, 0.5) is 5.13 Å². The maximum Gasteiger partial charge on any atom is 0.242 e. The molecule has 2 aromatic rings. The minimum atomic E-state index is -3.75. The molecule has 0 aliphatic rings. The zero-order chi connectivity index (χ0) is 16.9. The largest absolute Gasteiger partial charge is 0.300 e. The summed E-state index contributed by atoms with van der Waals surface area (Å²) in [7, 11) is -3.75. The van der Waals surface area contributed by atoms with Crippen molar-refractivity contribution < 1.29 is 13.2 Å². The quantitative estimate of drug-likeness (QED) is 0.772. The number of halogens is 1. The number of amides is 1.